The number of methoxy groups -OCH3 is 2. The molecule has 0 radical (unpaired) electrons. The summed E-state index contributed by atoms with van der Waals surface area (Å²) in [6.45, 7) is 2.05. The Morgan fingerprint density at radius 2 is 1.78 bits per heavy atom. The Balaban J connectivity index is 1.77. The van der Waals surface area contributed by atoms with Crippen molar-refractivity contribution in [3.8, 4) is 28.3 Å². The molecule has 32 heavy (non-hydrogen) atoms. The lowest BCUT2D eigenvalue weighted by atomic mass is 10.0. The highest BCUT2D eigenvalue weighted by atomic mass is 16.5. The fraction of sp³-hybridized carbons (Fsp3) is 0.167. The molecular weight excluding hydrogens is 406 g/mol. The lowest BCUT2D eigenvalue weighted by molar-refractivity contribution is 0.401. The minimum Gasteiger partial charge on any atom is -0.497 e. The minimum absolute atomic E-state index is 0.217. The summed E-state index contributed by atoms with van der Waals surface area (Å²) >= 11 is 0. The van der Waals surface area contributed by atoms with Crippen molar-refractivity contribution < 1.29 is 9.47 Å². The first kappa shape index (κ1) is 19.7. The van der Waals surface area contributed by atoms with Gasteiger partial charge in [-0.05, 0) is 30.2 Å². The second kappa shape index (κ2) is 7.81. The van der Waals surface area contributed by atoms with Crippen LogP contribution >= 0.6 is 0 Å². The van der Waals surface area contributed by atoms with E-state index in [1.165, 1.54) is 4.57 Å². The number of aromatic nitrogens is 5. The molecule has 0 N–H and O–H groups in total. The van der Waals surface area contributed by atoms with Crippen molar-refractivity contribution in [2.45, 2.75) is 13.3 Å². The molecule has 0 saturated heterocycles. The zero-order valence-corrected chi connectivity index (χ0v) is 17.9. The maximum Gasteiger partial charge on any atom is 0.285 e. The lowest BCUT2D eigenvalue weighted by Gasteiger charge is -2.13. The van der Waals surface area contributed by atoms with E-state index in [-0.39, 0.29) is 11.1 Å². The fourth-order valence-corrected chi connectivity index (χ4v) is 3.91. The van der Waals surface area contributed by atoms with Crippen molar-refractivity contribution in [2.75, 3.05) is 14.2 Å². The van der Waals surface area contributed by atoms with Gasteiger partial charge in [0.25, 0.3) is 5.56 Å². The smallest absolute Gasteiger partial charge is 0.285 e. The van der Waals surface area contributed by atoms with E-state index in [1.54, 1.807) is 43.1 Å². The molecular formula is C24H21N5O3. The monoisotopic (exact) mass is 427 g/mol. The summed E-state index contributed by atoms with van der Waals surface area (Å²) in [6, 6.07) is 17.1. The summed E-state index contributed by atoms with van der Waals surface area (Å²) in [4.78, 5) is 13.4. The average molecular weight is 427 g/mol. The average Bonchev–Trinajstić information content (AvgIpc) is 3.23. The Hall–Kier alpha value is -4.20. The van der Waals surface area contributed by atoms with Gasteiger partial charge in [0, 0.05) is 12.3 Å². The van der Waals surface area contributed by atoms with E-state index >= 15 is 0 Å². The molecule has 0 saturated carbocycles. The Morgan fingerprint density at radius 1 is 0.969 bits per heavy atom. The number of benzene rings is 2. The number of hydrogen-bond donors (Lipinski definition) is 0. The van der Waals surface area contributed by atoms with Gasteiger partial charge < -0.3 is 9.47 Å². The largest absolute Gasteiger partial charge is 0.497 e. The van der Waals surface area contributed by atoms with Crippen LogP contribution < -0.4 is 15.0 Å². The van der Waals surface area contributed by atoms with Gasteiger partial charge in [-0.3, -0.25) is 9.36 Å². The number of pyridine rings is 1. The van der Waals surface area contributed by atoms with Crippen LogP contribution in [0.5, 0.6) is 11.5 Å². The van der Waals surface area contributed by atoms with Gasteiger partial charge in [0.15, 0.2) is 11.2 Å². The third-order valence-corrected chi connectivity index (χ3v) is 5.49. The molecule has 0 fully saturated rings. The van der Waals surface area contributed by atoms with Gasteiger partial charge in [0.1, 0.15) is 17.0 Å². The zero-order valence-electron chi connectivity index (χ0n) is 17.9. The number of aryl methyl sites for hydroxylation is 1. The maximum atomic E-state index is 13.4. The minimum atomic E-state index is -0.321. The molecule has 0 aliphatic rings. The van der Waals surface area contributed by atoms with Crippen molar-refractivity contribution in [1.29, 1.82) is 0 Å². The predicted octanol–water partition coefficient (Wildman–Crippen LogP) is 3.68. The van der Waals surface area contributed by atoms with Gasteiger partial charge in [-0.1, -0.05) is 37.3 Å². The van der Waals surface area contributed by atoms with Crippen LogP contribution in [0.3, 0.4) is 0 Å². The van der Waals surface area contributed by atoms with E-state index in [2.05, 4.69) is 10.2 Å². The number of ether oxygens (including phenoxy) is 2. The van der Waals surface area contributed by atoms with Gasteiger partial charge in [0.05, 0.1) is 31.2 Å². The van der Waals surface area contributed by atoms with Gasteiger partial charge in [0.2, 0.25) is 0 Å². The van der Waals surface area contributed by atoms with Crippen LogP contribution in [0, 0.1) is 0 Å². The number of nitrogens with zero attached hydrogens (tertiary/aromatic N) is 5. The van der Waals surface area contributed by atoms with Crippen molar-refractivity contribution in [2.24, 2.45) is 0 Å². The quantitative estimate of drug-likeness (QED) is 0.426. The molecule has 5 rings (SSSR count). The highest BCUT2D eigenvalue weighted by molar-refractivity contribution is 5.84. The molecule has 0 amide bonds. The number of hydrogen-bond acceptors (Lipinski definition) is 6. The maximum absolute atomic E-state index is 13.4. The summed E-state index contributed by atoms with van der Waals surface area (Å²) in [5, 5.41) is 13.5. The van der Waals surface area contributed by atoms with Crippen molar-refractivity contribution in [1.82, 2.24) is 24.4 Å². The molecule has 8 heteroatoms. The first-order valence-corrected chi connectivity index (χ1v) is 10.2. The standard InChI is InChI=1S/C24H21N5O3/c1-4-17-21(15-8-6-5-7-9-15)23-26-25-22-18(29(23)27-17)12-13-28(24(22)30)19-14-16(31-2)10-11-20(19)32-3/h5-14H,4H2,1-3H3. The van der Waals surface area contributed by atoms with E-state index < -0.39 is 0 Å². The molecule has 0 aliphatic heterocycles. The third kappa shape index (κ3) is 2.99. The van der Waals surface area contributed by atoms with Gasteiger partial charge in [-0.25, -0.2) is 4.52 Å². The van der Waals surface area contributed by atoms with Gasteiger partial charge in [-0.15, -0.1) is 10.2 Å². The van der Waals surface area contributed by atoms with Crippen molar-refractivity contribution in [3.05, 3.63) is 76.8 Å². The number of fused-ring (bicyclic) bond motifs is 3. The van der Waals surface area contributed by atoms with Crippen LogP contribution in [0.2, 0.25) is 0 Å². The summed E-state index contributed by atoms with van der Waals surface area (Å²) in [7, 11) is 3.13. The second-order valence-corrected chi connectivity index (χ2v) is 7.24. The topological polar surface area (TPSA) is 83.5 Å². The van der Waals surface area contributed by atoms with Crippen molar-refractivity contribution >= 4 is 16.7 Å². The SMILES string of the molecule is CCc1nn2c(nnc3c(=O)n(-c4cc(OC)ccc4OC)ccc32)c1-c1ccccc1. The Labute approximate surface area is 183 Å². The van der Waals surface area contributed by atoms with Crippen LogP contribution in [0.25, 0.3) is 33.5 Å². The molecule has 5 aromatic rings. The molecule has 3 aromatic heterocycles. The van der Waals surface area contributed by atoms with Crippen LogP contribution in [0.1, 0.15) is 12.6 Å². The molecule has 0 spiro atoms. The van der Waals surface area contributed by atoms with E-state index in [9.17, 15) is 4.79 Å². The summed E-state index contributed by atoms with van der Waals surface area (Å²) in [6.07, 6.45) is 2.42. The van der Waals surface area contributed by atoms with E-state index in [0.29, 0.717) is 28.4 Å². The lowest BCUT2D eigenvalue weighted by Crippen LogP contribution is -2.20. The molecule has 0 unspecified atom stereocenters. The molecule has 2 aromatic carbocycles. The zero-order chi connectivity index (χ0) is 22.2. The van der Waals surface area contributed by atoms with Gasteiger partial charge >= 0.3 is 0 Å². The first-order chi connectivity index (χ1) is 15.7. The molecule has 0 aliphatic carbocycles. The summed E-state index contributed by atoms with van der Waals surface area (Å²) in [5.41, 5.74) is 4.51. The van der Waals surface area contributed by atoms with E-state index in [4.69, 9.17) is 14.6 Å². The Kier molecular flexibility index (Phi) is 4.82. The molecule has 3 heterocycles. The van der Waals surface area contributed by atoms with Crippen LogP contribution in [-0.4, -0.2) is 38.6 Å². The van der Waals surface area contributed by atoms with Crippen LogP contribution in [0.4, 0.5) is 0 Å². The molecule has 0 atom stereocenters. The Morgan fingerprint density at radius 3 is 2.50 bits per heavy atom. The molecule has 8 nitrogen and oxygen atoms in total. The van der Waals surface area contributed by atoms with E-state index in [0.717, 1.165) is 23.2 Å². The highest BCUT2D eigenvalue weighted by Gasteiger charge is 2.19. The van der Waals surface area contributed by atoms with Crippen LogP contribution in [0.15, 0.2) is 65.6 Å². The Bertz CT molecular complexity index is 1510. The molecule has 160 valence electrons. The van der Waals surface area contributed by atoms with Crippen LogP contribution in [-0.2, 0) is 6.42 Å². The predicted molar refractivity (Wildman–Crippen MR) is 122 cm³/mol. The molecule has 0 bridgehead atoms. The number of rotatable bonds is 5. The van der Waals surface area contributed by atoms with Gasteiger partial charge in [-0.2, -0.15) is 5.10 Å². The fourth-order valence-electron chi connectivity index (χ4n) is 3.91. The second-order valence-electron chi connectivity index (χ2n) is 7.24. The highest BCUT2D eigenvalue weighted by Crippen LogP contribution is 2.30. The third-order valence-electron chi connectivity index (χ3n) is 5.49. The first-order valence-electron chi connectivity index (χ1n) is 10.2. The van der Waals surface area contributed by atoms with E-state index in [1.807, 2.05) is 43.3 Å². The summed E-state index contributed by atoms with van der Waals surface area (Å²) < 4.78 is 14.0. The normalized spacial score (nSPS) is 11.2. The summed E-state index contributed by atoms with van der Waals surface area (Å²) in [5.74, 6) is 1.15. The van der Waals surface area contributed by atoms with Crippen molar-refractivity contribution in [3.63, 3.8) is 0 Å².